The highest BCUT2D eigenvalue weighted by Gasteiger charge is 2.23. The summed E-state index contributed by atoms with van der Waals surface area (Å²) in [5.74, 6) is 1.37. The van der Waals surface area contributed by atoms with Gasteiger partial charge >= 0.3 is 0 Å². The monoisotopic (exact) mass is 406 g/mol. The summed E-state index contributed by atoms with van der Waals surface area (Å²) in [6.07, 6.45) is 5.56. The van der Waals surface area contributed by atoms with Gasteiger partial charge in [-0.05, 0) is 37.0 Å². The molecular weight excluding hydrogens is 376 g/mol. The van der Waals surface area contributed by atoms with Crippen LogP contribution in [0, 0.1) is 5.92 Å². The molecule has 1 amide bonds. The summed E-state index contributed by atoms with van der Waals surface area (Å²) in [5, 5.41) is 3.17. The number of aromatic nitrogens is 2. The Bertz CT molecular complexity index is 965. The number of nitrogens with one attached hydrogen (secondary N) is 1. The number of nitrogens with zero attached hydrogens (tertiary/aromatic N) is 3. The molecule has 1 heterocycles. The number of rotatable bonds is 6. The van der Waals surface area contributed by atoms with Crippen LogP contribution in [0.4, 0.5) is 0 Å². The molecule has 3 rings (SSSR count). The van der Waals surface area contributed by atoms with Gasteiger partial charge in [-0.2, -0.15) is 0 Å². The van der Waals surface area contributed by atoms with Gasteiger partial charge in [0.15, 0.2) is 0 Å². The fraction of sp³-hybridized carbons (Fsp3) is 0.600. The van der Waals surface area contributed by atoms with E-state index in [0.29, 0.717) is 24.3 Å². The predicted molar refractivity (Wildman–Crippen MR) is 109 cm³/mol. The number of imidazole rings is 1. The SMILES string of the molecule is C[C@@H]1CCCC[C@H]1NC(=O)CCc1nc2cc(S(=O)(=O)N(C)C)ccc2n1C. The summed E-state index contributed by atoms with van der Waals surface area (Å²) in [5.41, 5.74) is 1.48. The van der Waals surface area contributed by atoms with Crippen LogP contribution in [-0.4, -0.2) is 48.3 Å². The molecule has 2 aromatic rings. The van der Waals surface area contributed by atoms with Crippen molar-refractivity contribution in [1.82, 2.24) is 19.2 Å². The van der Waals surface area contributed by atoms with E-state index in [1.807, 2.05) is 11.6 Å². The van der Waals surface area contributed by atoms with Crippen LogP contribution in [-0.2, 0) is 28.3 Å². The molecule has 28 heavy (non-hydrogen) atoms. The second-order valence-corrected chi connectivity index (χ2v) is 10.1. The van der Waals surface area contributed by atoms with E-state index in [1.165, 1.54) is 37.7 Å². The van der Waals surface area contributed by atoms with E-state index in [2.05, 4.69) is 17.2 Å². The maximum absolute atomic E-state index is 12.4. The van der Waals surface area contributed by atoms with E-state index in [1.54, 1.807) is 18.2 Å². The molecule has 1 aromatic heterocycles. The number of benzene rings is 1. The molecule has 1 aliphatic carbocycles. The summed E-state index contributed by atoms with van der Waals surface area (Å²) in [6.45, 7) is 2.20. The maximum Gasteiger partial charge on any atom is 0.242 e. The van der Waals surface area contributed by atoms with Crippen LogP contribution in [0.5, 0.6) is 0 Å². The topological polar surface area (TPSA) is 84.3 Å². The first-order chi connectivity index (χ1) is 13.2. The van der Waals surface area contributed by atoms with Crippen molar-refractivity contribution in [3.05, 3.63) is 24.0 Å². The minimum absolute atomic E-state index is 0.0571. The molecule has 0 bridgehead atoms. The number of fused-ring (bicyclic) bond motifs is 1. The molecular formula is C20H30N4O3S. The summed E-state index contributed by atoms with van der Waals surface area (Å²) in [4.78, 5) is 17.2. The number of carbonyl (C=O) groups is 1. The van der Waals surface area contributed by atoms with Crippen LogP contribution >= 0.6 is 0 Å². The van der Waals surface area contributed by atoms with E-state index in [9.17, 15) is 13.2 Å². The number of amides is 1. The zero-order valence-corrected chi connectivity index (χ0v) is 17.9. The summed E-state index contributed by atoms with van der Waals surface area (Å²) in [7, 11) is 1.41. The van der Waals surface area contributed by atoms with Crippen molar-refractivity contribution in [2.45, 2.75) is 56.4 Å². The molecule has 0 radical (unpaired) electrons. The highest BCUT2D eigenvalue weighted by Crippen LogP contribution is 2.24. The summed E-state index contributed by atoms with van der Waals surface area (Å²) in [6, 6.07) is 5.24. The molecule has 0 saturated heterocycles. The molecule has 1 aromatic carbocycles. The smallest absolute Gasteiger partial charge is 0.242 e. The van der Waals surface area contributed by atoms with Gasteiger partial charge in [-0.15, -0.1) is 0 Å². The van der Waals surface area contributed by atoms with Crippen molar-refractivity contribution < 1.29 is 13.2 Å². The Morgan fingerprint density at radius 3 is 2.68 bits per heavy atom. The molecule has 1 N–H and O–H groups in total. The lowest BCUT2D eigenvalue weighted by atomic mass is 9.86. The van der Waals surface area contributed by atoms with E-state index < -0.39 is 10.0 Å². The highest BCUT2D eigenvalue weighted by molar-refractivity contribution is 7.89. The second kappa shape index (κ2) is 8.21. The Morgan fingerprint density at radius 1 is 1.29 bits per heavy atom. The van der Waals surface area contributed by atoms with Crippen molar-refractivity contribution in [1.29, 1.82) is 0 Å². The summed E-state index contributed by atoms with van der Waals surface area (Å²) >= 11 is 0. The molecule has 0 unspecified atom stereocenters. The Labute approximate surface area is 167 Å². The normalized spacial score (nSPS) is 20.6. The van der Waals surface area contributed by atoms with Gasteiger partial charge in [0.05, 0.1) is 15.9 Å². The van der Waals surface area contributed by atoms with E-state index in [4.69, 9.17) is 0 Å². The van der Waals surface area contributed by atoms with Gasteiger partial charge in [0.2, 0.25) is 15.9 Å². The van der Waals surface area contributed by atoms with Crippen molar-refractivity contribution >= 4 is 27.0 Å². The molecule has 1 saturated carbocycles. The van der Waals surface area contributed by atoms with Crippen molar-refractivity contribution in [3.8, 4) is 0 Å². The van der Waals surface area contributed by atoms with Crippen LogP contribution < -0.4 is 5.32 Å². The standard InChI is InChI=1S/C20H30N4O3S/c1-14-7-5-6-8-16(14)22-20(25)12-11-19-21-17-13-15(28(26,27)23(2)3)9-10-18(17)24(19)4/h9-10,13-14,16H,5-8,11-12H2,1-4H3,(H,22,25)/t14-,16-/m1/s1. The van der Waals surface area contributed by atoms with Gasteiger partial charge in [-0.25, -0.2) is 17.7 Å². The molecule has 154 valence electrons. The summed E-state index contributed by atoms with van der Waals surface area (Å²) < 4.78 is 27.8. The first kappa shape index (κ1) is 20.8. The van der Waals surface area contributed by atoms with Gasteiger partial charge in [0, 0.05) is 40.0 Å². The fourth-order valence-corrected chi connectivity index (χ4v) is 4.78. The molecule has 1 fully saturated rings. The molecule has 2 atom stereocenters. The first-order valence-electron chi connectivity index (χ1n) is 9.87. The average Bonchev–Trinajstić information content (AvgIpc) is 2.97. The first-order valence-corrected chi connectivity index (χ1v) is 11.3. The lowest BCUT2D eigenvalue weighted by molar-refractivity contribution is -0.122. The van der Waals surface area contributed by atoms with Gasteiger partial charge in [-0.1, -0.05) is 19.8 Å². The van der Waals surface area contributed by atoms with Crippen LogP contribution in [0.2, 0.25) is 0 Å². The molecule has 1 aliphatic rings. The zero-order chi connectivity index (χ0) is 20.5. The van der Waals surface area contributed by atoms with Crippen molar-refractivity contribution in [2.75, 3.05) is 14.1 Å². The van der Waals surface area contributed by atoms with Crippen LogP contribution in [0.1, 0.15) is 44.9 Å². The van der Waals surface area contributed by atoms with Crippen LogP contribution in [0.3, 0.4) is 0 Å². The number of sulfonamides is 1. The van der Waals surface area contributed by atoms with Gasteiger partial charge in [-0.3, -0.25) is 4.79 Å². The predicted octanol–water partition coefficient (Wildman–Crippen LogP) is 2.45. The van der Waals surface area contributed by atoms with Gasteiger partial charge in [0.25, 0.3) is 0 Å². The second-order valence-electron chi connectivity index (χ2n) is 7.96. The third kappa shape index (κ3) is 4.22. The maximum atomic E-state index is 12.4. The van der Waals surface area contributed by atoms with Gasteiger partial charge in [0.1, 0.15) is 5.82 Å². The average molecular weight is 407 g/mol. The minimum atomic E-state index is -3.50. The van der Waals surface area contributed by atoms with Crippen LogP contribution in [0.25, 0.3) is 11.0 Å². The zero-order valence-electron chi connectivity index (χ0n) is 17.1. The Morgan fingerprint density at radius 2 is 2.00 bits per heavy atom. The van der Waals surface area contributed by atoms with E-state index in [0.717, 1.165) is 17.8 Å². The number of carbonyl (C=O) groups excluding carboxylic acids is 1. The highest BCUT2D eigenvalue weighted by atomic mass is 32.2. The Balaban J connectivity index is 1.71. The number of hydrogen-bond acceptors (Lipinski definition) is 4. The lowest BCUT2D eigenvalue weighted by Gasteiger charge is -2.29. The third-order valence-corrected chi connectivity index (χ3v) is 7.57. The molecule has 0 aliphatic heterocycles. The Kier molecular flexibility index (Phi) is 6.09. The van der Waals surface area contributed by atoms with E-state index in [-0.39, 0.29) is 16.8 Å². The van der Waals surface area contributed by atoms with Gasteiger partial charge < -0.3 is 9.88 Å². The largest absolute Gasteiger partial charge is 0.353 e. The van der Waals surface area contributed by atoms with Crippen molar-refractivity contribution in [2.24, 2.45) is 13.0 Å². The van der Waals surface area contributed by atoms with Crippen molar-refractivity contribution in [3.63, 3.8) is 0 Å². The lowest BCUT2D eigenvalue weighted by Crippen LogP contribution is -2.41. The Hall–Kier alpha value is -1.93. The minimum Gasteiger partial charge on any atom is -0.353 e. The number of aryl methyl sites for hydroxylation is 2. The van der Waals surface area contributed by atoms with E-state index >= 15 is 0 Å². The molecule has 0 spiro atoms. The molecule has 8 heteroatoms. The van der Waals surface area contributed by atoms with Crippen LogP contribution in [0.15, 0.2) is 23.1 Å². The number of hydrogen-bond donors (Lipinski definition) is 1. The quantitative estimate of drug-likeness (QED) is 0.799. The molecule has 7 nitrogen and oxygen atoms in total. The fourth-order valence-electron chi connectivity index (χ4n) is 3.86. The third-order valence-electron chi connectivity index (χ3n) is 5.76.